The van der Waals surface area contributed by atoms with E-state index in [-0.39, 0.29) is 19.3 Å². The normalized spacial score (nSPS) is 19.2. The molecule has 7 nitrogen and oxygen atoms in total. The Morgan fingerprint density at radius 3 is 3.10 bits per heavy atom. The minimum absolute atomic E-state index is 0.00913. The minimum Gasteiger partial charge on any atom is -0.491 e. The van der Waals surface area contributed by atoms with Crippen LogP contribution in [0.5, 0.6) is 17.2 Å². The van der Waals surface area contributed by atoms with Gasteiger partial charge >= 0.3 is 0 Å². The molecule has 1 fully saturated rings. The molecule has 0 aromatic heterocycles. The van der Waals surface area contributed by atoms with Crippen molar-refractivity contribution in [2.24, 2.45) is 0 Å². The zero-order valence-electron chi connectivity index (χ0n) is 11.6. The third kappa shape index (κ3) is 3.56. The van der Waals surface area contributed by atoms with Crippen LogP contribution in [0, 0.1) is 0 Å². The van der Waals surface area contributed by atoms with Gasteiger partial charge in [-0.3, -0.25) is 9.69 Å². The van der Waals surface area contributed by atoms with E-state index < -0.39 is 6.10 Å². The fourth-order valence-electron chi connectivity index (χ4n) is 2.36. The van der Waals surface area contributed by atoms with Gasteiger partial charge in [0.1, 0.15) is 18.5 Å². The van der Waals surface area contributed by atoms with Crippen molar-refractivity contribution < 1.29 is 24.1 Å². The smallest absolute Gasteiger partial charge is 0.234 e. The molecule has 1 aromatic rings. The van der Waals surface area contributed by atoms with E-state index in [1.165, 1.54) is 0 Å². The number of rotatable bonds is 5. The number of carbonyl (C=O) groups excluding carboxylic acids is 1. The van der Waals surface area contributed by atoms with E-state index in [0.29, 0.717) is 36.9 Å². The van der Waals surface area contributed by atoms with Gasteiger partial charge in [-0.1, -0.05) is 0 Å². The highest BCUT2D eigenvalue weighted by Gasteiger charge is 2.19. The summed E-state index contributed by atoms with van der Waals surface area (Å²) >= 11 is 0. The number of nitrogens with one attached hydrogen (secondary N) is 1. The standard InChI is InChI=1S/C14H18N2O5/c17-10(6-16-4-3-15-14(18)7-16)8-19-11-1-2-12-13(5-11)21-9-20-12/h1-2,5,10,17H,3-4,6-9H2,(H,15,18)/t10-/m0/s1. The number of amides is 1. The number of β-amino-alcohol motifs (C(OH)–C–C–N with tert-alkyl or cyclic N) is 1. The molecule has 1 amide bonds. The van der Waals surface area contributed by atoms with E-state index >= 15 is 0 Å². The van der Waals surface area contributed by atoms with Crippen LogP contribution in [0.2, 0.25) is 0 Å². The summed E-state index contributed by atoms with van der Waals surface area (Å²) in [5.41, 5.74) is 0. The Morgan fingerprint density at radius 1 is 1.38 bits per heavy atom. The van der Waals surface area contributed by atoms with Gasteiger partial charge in [0.2, 0.25) is 12.7 Å². The average Bonchev–Trinajstić information content (AvgIpc) is 2.92. The van der Waals surface area contributed by atoms with Crippen molar-refractivity contribution in [1.29, 1.82) is 0 Å². The lowest BCUT2D eigenvalue weighted by Gasteiger charge is -2.28. The Balaban J connectivity index is 1.47. The summed E-state index contributed by atoms with van der Waals surface area (Å²) in [7, 11) is 0. The Bertz CT molecular complexity index is 522. The molecule has 21 heavy (non-hydrogen) atoms. The molecule has 1 saturated heterocycles. The summed E-state index contributed by atoms with van der Waals surface area (Å²) in [5.74, 6) is 1.96. The van der Waals surface area contributed by atoms with Crippen molar-refractivity contribution in [2.45, 2.75) is 6.10 Å². The lowest BCUT2D eigenvalue weighted by Crippen LogP contribution is -2.50. The SMILES string of the molecule is O=C1CN(C[C@H](O)COc2ccc3c(c2)OCO3)CCN1. The zero-order chi connectivity index (χ0) is 14.7. The molecule has 1 atom stereocenters. The second-order valence-corrected chi connectivity index (χ2v) is 5.06. The molecule has 0 saturated carbocycles. The second-order valence-electron chi connectivity index (χ2n) is 5.06. The number of aliphatic hydroxyl groups excluding tert-OH is 1. The monoisotopic (exact) mass is 294 g/mol. The topological polar surface area (TPSA) is 80.3 Å². The molecule has 2 heterocycles. The highest BCUT2D eigenvalue weighted by Crippen LogP contribution is 2.35. The lowest BCUT2D eigenvalue weighted by atomic mass is 10.3. The molecule has 3 rings (SSSR count). The minimum atomic E-state index is -0.652. The second kappa shape index (κ2) is 6.19. The molecular weight excluding hydrogens is 276 g/mol. The first-order valence-electron chi connectivity index (χ1n) is 6.90. The van der Waals surface area contributed by atoms with Crippen LogP contribution >= 0.6 is 0 Å². The molecule has 0 spiro atoms. The first-order valence-corrected chi connectivity index (χ1v) is 6.90. The summed E-state index contributed by atoms with van der Waals surface area (Å²) in [5, 5.41) is 12.7. The Kier molecular flexibility index (Phi) is 4.12. The molecule has 7 heteroatoms. The van der Waals surface area contributed by atoms with Crippen LogP contribution in [0.3, 0.4) is 0 Å². The maximum absolute atomic E-state index is 11.3. The Hall–Kier alpha value is -1.99. The number of nitrogens with zero attached hydrogens (tertiary/aromatic N) is 1. The van der Waals surface area contributed by atoms with Gasteiger partial charge in [-0.25, -0.2) is 0 Å². The van der Waals surface area contributed by atoms with Crippen LogP contribution in [-0.4, -0.2) is 61.6 Å². The molecule has 0 aliphatic carbocycles. The maximum atomic E-state index is 11.3. The molecule has 0 unspecified atom stereocenters. The van der Waals surface area contributed by atoms with Crippen molar-refractivity contribution >= 4 is 5.91 Å². The molecule has 0 bridgehead atoms. The number of hydrogen-bond acceptors (Lipinski definition) is 6. The van der Waals surface area contributed by atoms with Gasteiger partial charge in [-0.2, -0.15) is 0 Å². The number of fused-ring (bicyclic) bond motifs is 1. The van der Waals surface area contributed by atoms with E-state index in [1.807, 2.05) is 4.90 Å². The zero-order valence-corrected chi connectivity index (χ0v) is 11.6. The van der Waals surface area contributed by atoms with Gasteiger partial charge in [-0.05, 0) is 12.1 Å². The first-order chi connectivity index (χ1) is 10.2. The van der Waals surface area contributed by atoms with Crippen LogP contribution in [0.25, 0.3) is 0 Å². The van der Waals surface area contributed by atoms with E-state index in [1.54, 1.807) is 18.2 Å². The third-order valence-corrected chi connectivity index (χ3v) is 3.37. The van der Waals surface area contributed by atoms with Gasteiger partial charge in [0.15, 0.2) is 11.5 Å². The lowest BCUT2D eigenvalue weighted by molar-refractivity contribution is -0.124. The number of piperazine rings is 1. The van der Waals surface area contributed by atoms with E-state index in [9.17, 15) is 9.90 Å². The molecule has 114 valence electrons. The average molecular weight is 294 g/mol. The summed E-state index contributed by atoms with van der Waals surface area (Å²) < 4.78 is 16.0. The Morgan fingerprint density at radius 2 is 2.24 bits per heavy atom. The molecule has 0 radical (unpaired) electrons. The van der Waals surface area contributed by atoms with Crippen LogP contribution < -0.4 is 19.5 Å². The molecule has 2 aliphatic heterocycles. The highest BCUT2D eigenvalue weighted by molar-refractivity contribution is 5.78. The van der Waals surface area contributed by atoms with Crippen LogP contribution in [0.4, 0.5) is 0 Å². The van der Waals surface area contributed by atoms with Crippen molar-refractivity contribution in [2.75, 3.05) is 39.6 Å². The van der Waals surface area contributed by atoms with Crippen molar-refractivity contribution in [3.8, 4) is 17.2 Å². The third-order valence-electron chi connectivity index (χ3n) is 3.37. The van der Waals surface area contributed by atoms with Gasteiger partial charge in [0, 0.05) is 25.7 Å². The number of carbonyl (C=O) groups is 1. The van der Waals surface area contributed by atoms with Gasteiger partial charge in [-0.15, -0.1) is 0 Å². The molecular formula is C14H18N2O5. The van der Waals surface area contributed by atoms with Gasteiger partial charge < -0.3 is 24.6 Å². The van der Waals surface area contributed by atoms with Crippen molar-refractivity contribution in [3.63, 3.8) is 0 Å². The van der Waals surface area contributed by atoms with Crippen LogP contribution in [0.15, 0.2) is 18.2 Å². The van der Waals surface area contributed by atoms with Gasteiger partial charge in [0.25, 0.3) is 0 Å². The van der Waals surface area contributed by atoms with E-state index in [0.717, 1.165) is 6.54 Å². The molecule has 1 aromatic carbocycles. The molecule has 2 N–H and O–H groups in total. The Labute approximate surface area is 122 Å². The maximum Gasteiger partial charge on any atom is 0.234 e. The molecule has 2 aliphatic rings. The van der Waals surface area contributed by atoms with E-state index in [2.05, 4.69) is 5.32 Å². The number of benzene rings is 1. The summed E-state index contributed by atoms with van der Waals surface area (Å²) in [6.07, 6.45) is -0.652. The highest BCUT2D eigenvalue weighted by atomic mass is 16.7. The van der Waals surface area contributed by atoms with Gasteiger partial charge in [0.05, 0.1) is 6.54 Å². The number of aliphatic hydroxyl groups is 1. The summed E-state index contributed by atoms with van der Waals surface area (Å²) in [6.45, 7) is 2.48. The number of ether oxygens (including phenoxy) is 3. The number of hydrogen-bond donors (Lipinski definition) is 2. The quantitative estimate of drug-likeness (QED) is 0.768. The van der Waals surface area contributed by atoms with Crippen LogP contribution in [0.1, 0.15) is 0 Å². The fraction of sp³-hybridized carbons (Fsp3) is 0.500. The summed E-state index contributed by atoms with van der Waals surface area (Å²) in [4.78, 5) is 13.2. The fourth-order valence-corrected chi connectivity index (χ4v) is 2.36. The predicted octanol–water partition coefficient (Wildman–Crippen LogP) is -0.413. The van der Waals surface area contributed by atoms with Crippen molar-refractivity contribution in [1.82, 2.24) is 10.2 Å². The predicted molar refractivity (Wildman–Crippen MR) is 73.5 cm³/mol. The van der Waals surface area contributed by atoms with Crippen LogP contribution in [-0.2, 0) is 4.79 Å². The van der Waals surface area contributed by atoms with E-state index in [4.69, 9.17) is 14.2 Å². The first kappa shape index (κ1) is 14.0. The largest absolute Gasteiger partial charge is 0.491 e. The summed E-state index contributed by atoms with van der Waals surface area (Å²) in [6, 6.07) is 5.29. The van der Waals surface area contributed by atoms with Crippen molar-refractivity contribution in [3.05, 3.63) is 18.2 Å².